The third kappa shape index (κ3) is 1.03. The molecule has 7 heavy (non-hydrogen) atoms. The number of hydrogen-bond donors (Lipinski definition) is 2. The van der Waals surface area contributed by atoms with Crippen molar-refractivity contribution in [1.29, 1.82) is 0 Å². The van der Waals surface area contributed by atoms with Crippen molar-refractivity contribution in [2.75, 3.05) is 13.1 Å². The molecule has 0 fully saturated rings. The van der Waals surface area contributed by atoms with Crippen molar-refractivity contribution in [3.63, 3.8) is 0 Å². The lowest BCUT2D eigenvalue weighted by Crippen LogP contribution is -2.26. The van der Waals surface area contributed by atoms with Gasteiger partial charge in [0.25, 0.3) is 0 Å². The molecule has 0 bridgehead atoms. The first kappa shape index (κ1) is 4.85. The van der Waals surface area contributed by atoms with Gasteiger partial charge >= 0.3 is 0 Å². The van der Waals surface area contributed by atoms with Crippen LogP contribution in [0, 0.1) is 0 Å². The van der Waals surface area contributed by atoms with Crippen molar-refractivity contribution in [2.45, 2.75) is 0 Å². The topological polar surface area (TPSA) is 36.4 Å². The fraction of sp³-hybridized carbons (Fsp3) is 0.667. The van der Waals surface area contributed by atoms with Gasteiger partial charge in [0.1, 0.15) is 0 Å². The molecule has 0 aliphatic carbocycles. The smallest absolute Gasteiger partial charge is 0.194 e. The van der Waals surface area contributed by atoms with E-state index in [-0.39, 0.29) is 0 Å². The highest BCUT2D eigenvalue weighted by Crippen LogP contribution is 1.81. The standard InChI is InChI=1S/C3H8N3P/c7-6-3-4-1-2-5-3/h1-2,7H2,(H2,4,5,6). The van der Waals surface area contributed by atoms with E-state index < -0.39 is 0 Å². The van der Waals surface area contributed by atoms with Crippen LogP contribution < -0.4 is 10.4 Å². The zero-order valence-corrected chi connectivity index (χ0v) is 5.09. The van der Waals surface area contributed by atoms with Gasteiger partial charge in [-0.15, -0.1) is 0 Å². The summed E-state index contributed by atoms with van der Waals surface area (Å²) in [6.45, 7) is 1.87. The number of nitrogens with one attached hydrogen (secondary N) is 2. The Kier molecular flexibility index (Phi) is 1.47. The van der Waals surface area contributed by atoms with Crippen LogP contribution in [-0.4, -0.2) is 19.0 Å². The first-order chi connectivity index (χ1) is 3.43. The Morgan fingerprint density at radius 1 is 1.86 bits per heavy atom. The second-order valence-corrected chi connectivity index (χ2v) is 1.59. The highest BCUT2D eigenvalue weighted by atomic mass is 31.0. The molecule has 3 nitrogen and oxygen atoms in total. The molecular weight excluding hydrogens is 109 g/mol. The molecule has 1 aliphatic heterocycles. The van der Waals surface area contributed by atoms with Crippen molar-refractivity contribution in [3.8, 4) is 0 Å². The van der Waals surface area contributed by atoms with Crippen LogP contribution in [-0.2, 0) is 0 Å². The monoisotopic (exact) mass is 117 g/mol. The zero-order valence-electron chi connectivity index (χ0n) is 3.94. The second-order valence-electron chi connectivity index (χ2n) is 1.30. The van der Waals surface area contributed by atoms with E-state index in [0.717, 1.165) is 19.0 Å². The van der Waals surface area contributed by atoms with Crippen LogP contribution in [0.3, 0.4) is 0 Å². The lowest BCUT2D eigenvalue weighted by atomic mass is 10.7. The molecule has 4 heteroatoms. The molecule has 2 N–H and O–H groups in total. The minimum Gasteiger partial charge on any atom is -0.354 e. The Bertz CT molecular complexity index is 90.2. The van der Waals surface area contributed by atoms with Gasteiger partial charge in [-0.25, -0.2) is 0 Å². The minimum atomic E-state index is 0.880. The molecular formula is C3H8N3P. The third-order valence-corrected chi connectivity index (χ3v) is 1.08. The summed E-state index contributed by atoms with van der Waals surface area (Å²) in [5.41, 5.74) is 0. The summed E-state index contributed by atoms with van der Waals surface area (Å²) in [5, 5.41) is 5.84. The van der Waals surface area contributed by atoms with Crippen molar-refractivity contribution in [2.24, 2.45) is 4.99 Å². The molecule has 0 saturated carbocycles. The SMILES string of the molecule is PNC1=NCCN1. The van der Waals surface area contributed by atoms with Crippen LogP contribution in [0.5, 0.6) is 0 Å². The maximum atomic E-state index is 4.03. The molecule has 1 rings (SSSR count). The van der Waals surface area contributed by atoms with E-state index in [0.29, 0.717) is 0 Å². The number of rotatable bonds is 0. The van der Waals surface area contributed by atoms with Gasteiger partial charge in [0.2, 0.25) is 0 Å². The molecule has 1 heterocycles. The van der Waals surface area contributed by atoms with Gasteiger partial charge in [-0.1, -0.05) is 0 Å². The van der Waals surface area contributed by atoms with Crippen molar-refractivity contribution >= 4 is 15.4 Å². The average Bonchev–Trinajstić information content (AvgIpc) is 2.14. The van der Waals surface area contributed by atoms with E-state index in [9.17, 15) is 0 Å². The van der Waals surface area contributed by atoms with E-state index >= 15 is 0 Å². The van der Waals surface area contributed by atoms with Gasteiger partial charge in [-0.05, 0) is 9.39 Å². The zero-order chi connectivity index (χ0) is 5.11. The lowest BCUT2D eigenvalue weighted by molar-refractivity contribution is 0.954. The number of nitrogens with zero attached hydrogens (tertiary/aromatic N) is 1. The Hall–Kier alpha value is -0.300. The van der Waals surface area contributed by atoms with Crippen LogP contribution in [0.1, 0.15) is 0 Å². The van der Waals surface area contributed by atoms with Crippen LogP contribution >= 0.6 is 9.39 Å². The van der Waals surface area contributed by atoms with Gasteiger partial charge in [0.05, 0.1) is 6.54 Å². The number of guanidine groups is 1. The van der Waals surface area contributed by atoms with Crippen LogP contribution in [0.25, 0.3) is 0 Å². The molecule has 0 spiro atoms. The summed E-state index contributed by atoms with van der Waals surface area (Å²) >= 11 is 0. The van der Waals surface area contributed by atoms with Gasteiger partial charge in [0.15, 0.2) is 5.96 Å². The second kappa shape index (κ2) is 2.12. The summed E-state index contributed by atoms with van der Waals surface area (Å²) in [5.74, 6) is 0.880. The average molecular weight is 117 g/mol. The summed E-state index contributed by atoms with van der Waals surface area (Å²) in [6.07, 6.45) is 0. The van der Waals surface area contributed by atoms with E-state index in [2.05, 4.69) is 24.8 Å². The Morgan fingerprint density at radius 2 is 2.71 bits per heavy atom. The minimum absolute atomic E-state index is 0.880. The Balaban J connectivity index is 2.36. The van der Waals surface area contributed by atoms with E-state index in [1.807, 2.05) is 0 Å². The first-order valence-electron chi connectivity index (χ1n) is 2.18. The summed E-state index contributed by atoms with van der Waals surface area (Å²) in [7, 11) is 2.38. The van der Waals surface area contributed by atoms with Gasteiger partial charge in [0, 0.05) is 6.54 Å². The molecule has 0 aromatic carbocycles. The van der Waals surface area contributed by atoms with Crippen LogP contribution in [0.4, 0.5) is 0 Å². The summed E-state index contributed by atoms with van der Waals surface area (Å²) in [6, 6.07) is 0. The molecule has 1 unspecified atom stereocenters. The Labute approximate surface area is 44.8 Å². The molecule has 40 valence electrons. The molecule has 0 aromatic heterocycles. The maximum Gasteiger partial charge on any atom is 0.194 e. The molecule has 0 amide bonds. The predicted octanol–water partition coefficient (Wildman–Crippen LogP) is -0.675. The fourth-order valence-electron chi connectivity index (χ4n) is 0.495. The first-order valence-corrected chi connectivity index (χ1v) is 2.76. The Morgan fingerprint density at radius 3 is 3.00 bits per heavy atom. The summed E-state index contributed by atoms with van der Waals surface area (Å²) < 4.78 is 0. The van der Waals surface area contributed by atoms with Gasteiger partial charge in [-0.2, -0.15) is 0 Å². The molecule has 1 atom stereocenters. The highest BCUT2D eigenvalue weighted by Gasteiger charge is 1.98. The number of aliphatic imine (C=N–C) groups is 1. The molecule has 0 radical (unpaired) electrons. The quantitative estimate of drug-likeness (QED) is 0.413. The van der Waals surface area contributed by atoms with Gasteiger partial charge in [-0.3, -0.25) is 4.99 Å². The third-order valence-electron chi connectivity index (χ3n) is 0.811. The van der Waals surface area contributed by atoms with E-state index in [1.165, 1.54) is 0 Å². The molecule has 0 saturated heterocycles. The highest BCUT2D eigenvalue weighted by molar-refractivity contribution is 7.15. The van der Waals surface area contributed by atoms with Crippen LogP contribution in [0.2, 0.25) is 0 Å². The van der Waals surface area contributed by atoms with Crippen molar-refractivity contribution in [3.05, 3.63) is 0 Å². The van der Waals surface area contributed by atoms with Gasteiger partial charge < -0.3 is 10.4 Å². The molecule has 1 aliphatic rings. The summed E-state index contributed by atoms with van der Waals surface area (Å²) in [4.78, 5) is 4.03. The van der Waals surface area contributed by atoms with Crippen molar-refractivity contribution in [1.82, 2.24) is 10.4 Å². The maximum absolute atomic E-state index is 4.03. The van der Waals surface area contributed by atoms with Crippen LogP contribution in [0.15, 0.2) is 4.99 Å². The van der Waals surface area contributed by atoms with E-state index in [4.69, 9.17) is 0 Å². The van der Waals surface area contributed by atoms with Crippen molar-refractivity contribution < 1.29 is 0 Å². The van der Waals surface area contributed by atoms with E-state index in [1.54, 1.807) is 0 Å². The predicted molar refractivity (Wildman–Crippen MR) is 33.2 cm³/mol. The normalized spacial score (nSPS) is 18.1. The lowest BCUT2D eigenvalue weighted by Gasteiger charge is -1.95. The fourth-order valence-corrected chi connectivity index (χ4v) is 0.688. The largest absolute Gasteiger partial charge is 0.354 e. The molecule has 0 aromatic rings. The number of hydrogen-bond acceptors (Lipinski definition) is 3.